The van der Waals surface area contributed by atoms with Crippen molar-refractivity contribution in [1.82, 2.24) is 25.9 Å². The van der Waals surface area contributed by atoms with Crippen LogP contribution in [0.25, 0.3) is 0 Å². The minimum Gasteiger partial charge on any atom is -0.307 e. The van der Waals surface area contributed by atoms with E-state index in [9.17, 15) is 0 Å². The second-order valence-electron chi connectivity index (χ2n) is 7.21. The van der Waals surface area contributed by atoms with Crippen molar-refractivity contribution in [3.8, 4) is 0 Å². The predicted octanol–water partition coefficient (Wildman–Crippen LogP) is 1.89. The fourth-order valence-electron chi connectivity index (χ4n) is 5.43. The van der Waals surface area contributed by atoms with Crippen LogP contribution in [0.15, 0.2) is 0 Å². The van der Waals surface area contributed by atoms with Crippen molar-refractivity contribution in [3.05, 3.63) is 5.82 Å². The minimum absolute atomic E-state index is 0.554. The predicted molar refractivity (Wildman–Crippen MR) is 71.1 cm³/mol. The van der Waals surface area contributed by atoms with Crippen molar-refractivity contribution >= 4 is 0 Å². The fourth-order valence-corrected chi connectivity index (χ4v) is 5.43. The van der Waals surface area contributed by atoms with Crippen LogP contribution in [0.3, 0.4) is 0 Å². The van der Waals surface area contributed by atoms with E-state index in [0.29, 0.717) is 11.5 Å². The number of aromatic nitrogens is 4. The van der Waals surface area contributed by atoms with Crippen LogP contribution in [-0.2, 0) is 6.54 Å². The van der Waals surface area contributed by atoms with Crippen LogP contribution in [0.4, 0.5) is 0 Å². The van der Waals surface area contributed by atoms with Gasteiger partial charge in [-0.3, -0.25) is 0 Å². The van der Waals surface area contributed by atoms with Crippen LogP contribution in [0.1, 0.15) is 51.3 Å². The third-order valence-corrected chi connectivity index (χ3v) is 5.96. The van der Waals surface area contributed by atoms with Gasteiger partial charge in [0.15, 0.2) is 5.82 Å². The van der Waals surface area contributed by atoms with Crippen LogP contribution < -0.4 is 5.32 Å². The molecule has 0 aliphatic heterocycles. The zero-order valence-electron chi connectivity index (χ0n) is 11.6. The summed E-state index contributed by atoms with van der Waals surface area (Å²) in [6.45, 7) is 3.10. The SMILES string of the molecule is CC(NCc1nn[nH]n1)C12CC3CC(CC(C3)C1)C2. The van der Waals surface area contributed by atoms with E-state index in [-0.39, 0.29) is 0 Å². The van der Waals surface area contributed by atoms with E-state index in [4.69, 9.17) is 0 Å². The first-order valence-corrected chi connectivity index (χ1v) is 7.69. The van der Waals surface area contributed by atoms with Gasteiger partial charge in [0.25, 0.3) is 0 Å². The summed E-state index contributed by atoms with van der Waals surface area (Å²) in [6.07, 6.45) is 8.86. The molecule has 4 aliphatic carbocycles. The molecule has 0 aromatic carbocycles. The molecule has 1 unspecified atom stereocenters. The standard InChI is InChI=1S/C14H23N5/c1-9(15-8-13-16-18-19-17-13)14-5-10-2-11(6-14)4-12(3-10)7-14/h9-12,15H,2-8H2,1H3,(H,16,17,18,19). The third-order valence-electron chi connectivity index (χ3n) is 5.96. The minimum atomic E-state index is 0.554. The molecule has 4 bridgehead atoms. The number of nitrogens with zero attached hydrogens (tertiary/aromatic N) is 3. The van der Waals surface area contributed by atoms with Gasteiger partial charge in [-0.2, -0.15) is 5.21 Å². The summed E-state index contributed by atoms with van der Waals surface area (Å²) >= 11 is 0. The lowest BCUT2D eigenvalue weighted by Gasteiger charge is -2.59. The van der Waals surface area contributed by atoms with Crippen molar-refractivity contribution in [2.75, 3.05) is 0 Å². The molecule has 4 saturated carbocycles. The summed E-state index contributed by atoms with van der Waals surface area (Å²) in [5.74, 6) is 3.82. The van der Waals surface area contributed by atoms with Gasteiger partial charge < -0.3 is 5.32 Å². The first kappa shape index (κ1) is 11.8. The Hall–Kier alpha value is -0.970. The summed E-state index contributed by atoms with van der Waals surface area (Å²) in [5.41, 5.74) is 0.554. The molecule has 1 aromatic rings. The molecule has 0 radical (unpaired) electrons. The van der Waals surface area contributed by atoms with E-state index >= 15 is 0 Å². The van der Waals surface area contributed by atoms with E-state index in [1.165, 1.54) is 38.5 Å². The van der Waals surface area contributed by atoms with Gasteiger partial charge in [-0.25, -0.2) is 0 Å². The number of H-pyrrole nitrogens is 1. The topological polar surface area (TPSA) is 66.5 Å². The molecule has 1 atom stereocenters. The Kier molecular flexibility index (Phi) is 2.65. The normalized spacial score (nSPS) is 41.6. The van der Waals surface area contributed by atoms with E-state index in [1.807, 2.05) is 0 Å². The summed E-state index contributed by atoms with van der Waals surface area (Å²) < 4.78 is 0. The van der Waals surface area contributed by atoms with Gasteiger partial charge in [-0.1, -0.05) is 5.21 Å². The molecule has 1 heterocycles. The highest BCUT2D eigenvalue weighted by molar-refractivity contribution is 5.05. The van der Waals surface area contributed by atoms with Gasteiger partial charge in [0, 0.05) is 6.04 Å². The molecule has 2 N–H and O–H groups in total. The van der Waals surface area contributed by atoms with Crippen LogP contribution in [0.5, 0.6) is 0 Å². The summed E-state index contributed by atoms with van der Waals surface area (Å²) in [4.78, 5) is 0. The molecule has 104 valence electrons. The van der Waals surface area contributed by atoms with Crippen LogP contribution >= 0.6 is 0 Å². The molecule has 1 aromatic heterocycles. The Labute approximate surface area is 113 Å². The van der Waals surface area contributed by atoms with Gasteiger partial charge in [0.2, 0.25) is 0 Å². The Morgan fingerprint density at radius 1 is 1.21 bits per heavy atom. The Balaban J connectivity index is 1.45. The van der Waals surface area contributed by atoms with E-state index in [1.54, 1.807) is 0 Å². The fraction of sp³-hybridized carbons (Fsp3) is 0.929. The van der Waals surface area contributed by atoms with Crippen molar-refractivity contribution in [2.45, 2.75) is 58.0 Å². The molecule has 4 fully saturated rings. The number of tetrazole rings is 1. The largest absolute Gasteiger partial charge is 0.307 e. The molecule has 5 heteroatoms. The van der Waals surface area contributed by atoms with Crippen LogP contribution in [0.2, 0.25) is 0 Å². The summed E-state index contributed by atoms with van der Waals surface area (Å²) in [5, 5.41) is 17.8. The van der Waals surface area contributed by atoms with Gasteiger partial charge in [-0.15, -0.1) is 10.2 Å². The lowest BCUT2D eigenvalue weighted by Crippen LogP contribution is -2.54. The molecule has 19 heavy (non-hydrogen) atoms. The Bertz CT molecular complexity index is 405. The smallest absolute Gasteiger partial charge is 0.188 e. The van der Waals surface area contributed by atoms with Crippen molar-refractivity contribution in [3.63, 3.8) is 0 Å². The molecular formula is C14H23N5. The van der Waals surface area contributed by atoms with Crippen molar-refractivity contribution in [2.24, 2.45) is 23.2 Å². The number of rotatable bonds is 4. The van der Waals surface area contributed by atoms with Gasteiger partial charge in [0.1, 0.15) is 0 Å². The highest BCUT2D eigenvalue weighted by Gasteiger charge is 2.52. The van der Waals surface area contributed by atoms with Gasteiger partial charge in [-0.05, 0) is 68.6 Å². The number of hydrogen-bond donors (Lipinski definition) is 2. The Morgan fingerprint density at radius 2 is 1.84 bits per heavy atom. The number of aromatic amines is 1. The first-order valence-electron chi connectivity index (χ1n) is 7.69. The summed E-state index contributed by atoms with van der Waals surface area (Å²) in [6, 6.07) is 0.569. The first-order chi connectivity index (χ1) is 9.23. The average molecular weight is 261 g/mol. The quantitative estimate of drug-likeness (QED) is 0.868. The van der Waals surface area contributed by atoms with E-state index < -0.39 is 0 Å². The van der Waals surface area contributed by atoms with Crippen LogP contribution in [0, 0.1) is 23.2 Å². The molecule has 0 spiro atoms. The van der Waals surface area contributed by atoms with Gasteiger partial charge in [0.05, 0.1) is 6.54 Å². The van der Waals surface area contributed by atoms with Crippen molar-refractivity contribution < 1.29 is 0 Å². The number of nitrogens with one attached hydrogen (secondary N) is 2. The van der Waals surface area contributed by atoms with Crippen LogP contribution in [-0.4, -0.2) is 26.7 Å². The zero-order chi connectivity index (χ0) is 12.9. The maximum absolute atomic E-state index is 4.02. The van der Waals surface area contributed by atoms with E-state index in [0.717, 1.165) is 30.1 Å². The lowest BCUT2D eigenvalue weighted by atomic mass is 9.48. The Morgan fingerprint density at radius 3 is 2.37 bits per heavy atom. The molecule has 5 nitrogen and oxygen atoms in total. The molecular weight excluding hydrogens is 238 g/mol. The highest BCUT2D eigenvalue weighted by Crippen LogP contribution is 2.61. The molecule has 5 rings (SSSR count). The average Bonchev–Trinajstić information content (AvgIpc) is 2.87. The second kappa shape index (κ2) is 4.27. The monoisotopic (exact) mass is 261 g/mol. The lowest BCUT2D eigenvalue weighted by molar-refractivity contribution is -0.0707. The second-order valence-corrected chi connectivity index (χ2v) is 7.21. The molecule has 4 aliphatic rings. The zero-order valence-corrected chi connectivity index (χ0v) is 11.6. The third kappa shape index (κ3) is 1.98. The summed E-state index contributed by atoms with van der Waals surface area (Å²) in [7, 11) is 0. The maximum atomic E-state index is 4.02. The maximum Gasteiger partial charge on any atom is 0.188 e. The van der Waals surface area contributed by atoms with Crippen molar-refractivity contribution in [1.29, 1.82) is 0 Å². The highest BCUT2D eigenvalue weighted by atomic mass is 15.5. The molecule has 0 saturated heterocycles. The molecule has 0 amide bonds. The van der Waals surface area contributed by atoms with E-state index in [2.05, 4.69) is 32.9 Å². The number of hydrogen-bond acceptors (Lipinski definition) is 4. The van der Waals surface area contributed by atoms with Gasteiger partial charge >= 0.3 is 0 Å².